The second kappa shape index (κ2) is 10.8. The highest BCUT2D eigenvalue weighted by Gasteiger charge is 2.29. The third-order valence-electron chi connectivity index (χ3n) is 6.37. The van der Waals surface area contributed by atoms with E-state index in [0.29, 0.717) is 0 Å². The largest absolute Gasteiger partial charge is 0.399 e. The highest BCUT2D eigenvalue weighted by atomic mass is 31.1. The van der Waals surface area contributed by atoms with Gasteiger partial charge in [-0.2, -0.15) is 0 Å². The zero-order valence-electron chi connectivity index (χ0n) is 20.1. The molecule has 1 aromatic heterocycles. The van der Waals surface area contributed by atoms with E-state index in [-0.39, 0.29) is 12.1 Å². The maximum Gasteiger partial charge on any atom is 0.388 e. The number of rotatable bonds is 7. The predicted octanol–water partition coefficient (Wildman–Crippen LogP) is 8.13. The summed E-state index contributed by atoms with van der Waals surface area (Å²) >= 11 is 0. The van der Waals surface area contributed by atoms with Gasteiger partial charge in [-0.1, -0.05) is 97.1 Å². The molecule has 0 aliphatic rings. The van der Waals surface area contributed by atoms with Gasteiger partial charge in [-0.25, -0.2) is 0 Å². The van der Waals surface area contributed by atoms with Crippen LogP contribution in [0.5, 0.6) is 0 Å². The van der Waals surface area contributed by atoms with E-state index < -0.39 is 16.3 Å². The van der Waals surface area contributed by atoms with Crippen molar-refractivity contribution in [2.75, 3.05) is 13.7 Å². The van der Waals surface area contributed by atoms with Gasteiger partial charge in [-0.15, -0.1) is 0 Å². The maximum atomic E-state index is 6.73. The topological polar surface area (TPSA) is 38.8 Å². The summed E-state index contributed by atoms with van der Waals surface area (Å²) in [5.74, 6) is 0. The molecule has 4 aromatic carbocycles. The fourth-order valence-corrected chi connectivity index (χ4v) is 7.10. The van der Waals surface area contributed by atoms with Crippen molar-refractivity contribution >= 4 is 43.6 Å². The average Bonchev–Trinajstić information content (AvgIpc) is 3.08. The van der Waals surface area contributed by atoms with Crippen LogP contribution in [-0.2, 0) is 0 Å². The fourth-order valence-electron chi connectivity index (χ4n) is 4.22. The summed E-state index contributed by atoms with van der Waals surface area (Å²) in [4.78, 5) is 0. The first-order valence-electron chi connectivity index (χ1n) is 11.7. The quantitative estimate of drug-likeness (QED) is 0.211. The van der Waals surface area contributed by atoms with Gasteiger partial charge in [0, 0.05) is 16.8 Å². The van der Waals surface area contributed by atoms with Gasteiger partial charge in [0.1, 0.15) is 17.3 Å². The summed E-state index contributed by atoms with van der Waals surface area (Å²) in [6.07, 6.45) is -0.238. The molecule has 0 bridgehead atoms. The monoisotopic (exact) mass is 501 g/mol. The summed E-state index contributed by atoms with van der Waals surface area (Å²) in [6, 6.07) is 37.2. The molecule has 0 N–H and O–H groups in total. The molecule has 5 aromatic rings. The molecule has 1 heterocycles. The van der Waals surface area contributed by atoms with Gasteiger partial charge in [0.05, 0.1) is 0 Å². The number of hydrogen-bond donors (Lipinski definition) is 0. The van der Waals surface area contributed by atoms with Crippen molar-refractivity contribution in [3.8, 4) is 0 Å². The van der Waals surface area contributed by atoms with Crippen LogP contribution in [0.25, 0.3) is 21.9 Å². The van der Waals surface area contributed by atoms with E-state index >= 15 is 0 Å². The van der Waals surface area contributed by atoms with E-state index in [9.17, 15) is 0 Å². The highest BCUT2D eigenvalue weighted by Crippen LogP contribution is 2.42. The molecule has 5 rings (SSSR count). The summed E-state index contributed by atoms with van der Waals surface area (Å²) in [7, 11) is -0.0420. The molecule has 0 fully saturated rings. The van der Waals surface area contributed by atoms with Gasteiger partial charge in [0.2, 0.25) is 0 Å². The van der Waals surface area contributed by atoms with Gasteiger partial charge in [0.15, 0.2) is 0 Å². The highest BCUT2D eigenvalue weighted by molar-refractivity contribution is 7.62. The summed E-state index contributed by atoms with van der Waals surface area (Å²) in [6.45, 7) is 4.51. The molecule has 0 saturated heterocycles. The Balaban J connectivity index is 1.57. The number of fused-ring (bicyclic) bond motifs is 3. The number of hydrogen-bond acceptors (Lipinski definition) is 4. The van der Waals surface area contributed by atoms with Crippen molar-refractivity contribution in [3.05, 3.63) is 115 Å². The first kappa shape index (κ1) is 23.9. The summed E-state index contributed by atoms with van der Waals surface area (Å²) in [5.41, 5.74) is 2.65. The summed E-state index contributed by atoms with van der Waals surface area (Å²) in [5, 5.41) is 3.36. The van der Waals surface area contributed by atoms with Crippen molar-refractivity contribution in [1.29, 1.82) is 0 Å². The number of likely N-dealkylation sites (N-methyl/N-ethyl adjacent to an activating group) is 1. The second-order valence-corrected chi connectivity index (χ2v) is 11.7. The molecular weight excluding hydrogens is 472 g/mol. The minimum absolute atomic E-state index is 0.0807. The molecule has 0 aliphatic heterocycles. The van der Waals surface area contributed by atoms with Crippen LogP contribution < -0.4 is 9.83 Å². The lowest BCUT2D eigenvalue weighted by molar-refractivity contribution is 0.176. The Morgan fingerprint density at radius 3 is 1.77 bits per heavy atom. The van der Waals surface area contributed by atoms with Crippen molar-refractivity contribution in [3.63, 3.8) is 0 Å². The van der Waals surface area contributed by atoms with E-state index in [1.807, 2.05) is 42.5 Å². The molecule has 1 unspecified atom stereocenters. The molecule has 35 heavy (non-hydrogen) atoms. The van der Waals surface area contributed by atoms with Crippen molar-refractivity contribution in [2.45, 2.75) is 19.1 Å². The zero-order valence-corrected chi connectivity index (χ0v) is 21.9. The average molecular weight is 502 g/mol. The second-order valence-electron chi connectivity index (χ2n) is 8.51. The molecule has 178 valence electrons. The van der Waals surface area contributed by atoms with Crippen LogP contribution in [-0.4, -0.2) is 24.4 Å². The van der Waals surface area contributed by atoms with Gasteiger partial charge in [-0.3, -0.25) is 9.19 Å². The van der Waals surface area contributed by atoms with E-state index in [4.69, 9.17) is 12.9 Å². The van der Waals surface area contributed by atoms with Crippen LogP contribution in [0.4, 0.5) is 0 Å². The molecule has 0 amide bonds. The third kappa shape index (κ3) is 5.22. The third-order valence-corrected chi connectivity index (χ3v) is 9.82. The van der Waals surface area contributed by atoms with Crippen LogP contribution in [0, 0.1) is 0 Å². The Labute approximate surface area is 208 Å². The van der Waals surface area contributed by atoms with E-state index in [1.54, 1.807) is 0 Å². The van der Waals surface area contributed by atoms with E-state index in [1.165, 1.54) is 5.30 Å². The predicted molar refractivity (Wildman–Crippen MR) is 148 cm³/mol. The molecule has 0 saturated carbocycles. The molecular formula is C29H29NO3P2. The Kier molecular flexibility index (Phi) is 7.37. The van der Waals surface area contributed by atoms with Crippen molar-refractivity contribution < 1.29 is 12.9 Å². The Hall–Kier alpha value is -2.87. The Morgan fingerprint density at radius 2 is 1.20 bits per heavy atom. The molecule has 0 radical (unpaired) electrons. The SMILES string of the molecule is C[C@@H]([C@H](Op1oc2ccccc2c2ccccc2o1)c1ccccc1)N(C)P(C)c1ccccc1. The number of nitrogens with zero attached hydrogens (tertiary/aromatic N) is 1. The van der Waals surface area contributed by atoms with E-state index in [2.05, 4.69) is 92.0 Å². The van der Waals surface area contributed by atoms with Crippen LogP contribution in [0.15, 0.2) is 118 Å². The minimum atomic E-state index is -1.68. The molecule has 3 atom stereocenters. The fraction of sp³-hybridized carbons (Fsp3) is 0.172. The van der Waals surface area contributed by atoms with Crippen LogP contribution in [0.3, 0.4) is 0 Å². The standard InChI is InChI=1S/C29H29NO3P2/c1-22(30(2)34(3)24-16-8-5-9-17-24)29(23-14-6-4-7-15-23)33-35-31-27-20-12-10-18-25(27)26-19-11-13-21-28(26)32-35/h4-22,29H,1-3H3/t22-,29-,34?/m0/s1. The molecule has 0 aliphatic carbocycles. The van der Waals surface area contributed by atoms with Crippen molar-refractivity contribution in [2.24, 2.45) is 0 Å². The van der Waals surface area contributed by atoms with Gasteiger partial charge < -0.3 is 8.39 Å². The van der Waals surface area contributed by atoms with E-state index in [0.717, 1.165) is 27.5 Å². The molecule has 0 spiro atoms. The van der Waals surface area contributed by atoms with Gasteiger partial charge in [0.25, 0.3) is 0 Å². The number of para-hydroxylation sites is 2. The first-order valence-corrected chi connectivity index (χ1v) is 14.5. The molecule has 6 heteroatoms. The summed E-state index contributed by atoms with van der Waals surface area (Å²) < 4.78 is 21.9. The number of benzene rings is 4. The minimum Gasteiger partial charge on any atom is -0.399 e. The Morgan fingerprint density at radius 1 is 0.714 bits per heavy atom. The lowest BCUT2D eigenvalue weighted by Crippen LogP contribution is -2.35. The van der Waals surface area contributed by atoms with Crippen LogP contribution in [0.1, 0.15) is 18.6 Å². The molecule has 4 nitrogen and oxygen atoms in total. The normalized spacial score (nSPS) is 14.2. The van der Waals surface area contributed by atoms with Crippen molar-refractivity contribution in [1.82, 2.24) is 4.67 Å². The smallest absolute Gasteiger partial charge is 0.388 e. The Bertz CT molecular complexity index is 1380. The first-order chi connectivity index (χ1) is 17.1. The maximum absolute atomic E-state index is 6.73. The van der Waals surface area contributed by atoms with Crippen LogP contribution in [0.2, 0.25) is 0 Å². The van der Waals surface area contributed by atoms with Gasteiger partial charge >= 0.3 is 8.24 Å². The lowest BCUT2D eigenvalue weighted by atomic mass is 10.0. The lowest BCUT2D eigenvalue weighted by Gasteiger charge is -2.35. The van der Waals surface area contributed by atoms with Gasteiger partial charge in [-0.05, 0) is 51.7 Å². The zero-order chi connectivity index (χ0) is 24.2. The van der Waals surface area contributed by atoms with Crippen LogP contribution >= 0.6 is 16.3 Å².